The van der Waals surface area contributed by atoms with E-state index in [2.05, 4.69) is 27.3 Å². The summed E-state index contributed by atoms with van der Waals surface area (Å²) in [5.74, 6) is -8.11. The molecule has 4 unspecified atom stereocenters. The lowest BCUT2D eigenvalue weighted by Gasteiger charge is -2.49. The van der Waals surface area contributed by atoms with Crippen molar-refractivity contribution in [3.05, 3.63) is 80.4 Å². The number of halogens is 6. The first-order valence-electron chi connectivity index (χ1n) is 12.9. The van der Waals surface area contributed by atoms with Gasteiger partial charge < -0.3 is 9.47 Å². The van der Waals surface area contributed by atoms with E-state index in [1.165, 1.54) is 0 Å². The Balaban J connectivity index is 1.64. The molecule has 0 aromatic heterocycles. The molecular weight excluding hydrogens is 702 g/mol. The number of allylic oxidation sites excluding steroid dienone is 1. The summed E-state index contributed by atoms with van der Waals surface area (Å²) in [5, 5.41) is -5.92. The number of alkyl halides is 5. The topological polar surface area (TPSA) is 107 Å². The Morgan fingerprint density at radius 2 is 1.38 bits per heavy atom. The van der Waals surface area contributed by atoms with Crippen molar-refractivity contribution in [1.29, 1.82) is 0 Å². The van der Waals surface area contributed by atoms with E-state index in [1.807, 2.05) is 0 Å². The van der Waals surface area contributed by atoms with Crippen molar-refractivity contribution in [2.75, 3.05) is 0 Å². The molecule has 2 bridgehead atoms. The van der Waals surface area contributed by atoms with Crippen LogP contribution < -0.4 is 0 Å². The Bertz CT molecular complexity index is 1530. The SMILES string of the molecule is CC1(OC(=O)C2C3c4ccccc4C(c4ccccc43)C2C(=O)OC(C(F)(F)F)C(F)(F)S(=O)(=O)O)C=C(I)CCC1. The zero-order chi connectivity index (χ0) is 30.8. The Kier molecular flexibility index (Phi) is 7.74. The number of rotatable bonds is 6. The fraction of sp³-hybridized carbons (Fsp3) is 0.429. The Morgan fingerprint density at radius 1 is 0.929 bits per heavy atom. The maximum absolute atomic E-state index is 14.4. The predicted molar refractivity (Wildman–Crippen MR) is 146 cm³/mol. The van der Waals surface area contributed by atoms with Gasteiger partial charge in [-0.1, -0.05) is 48.5 Å². The molecule has 2 aromatic rings. The first kappa shape index (κ1) is 30.9. The molecule has 0 aliphatic heterocycles. The van der Waals surface area contributed by atoms with Crippen molar-refractivity contribution < 1.29 is 54.0 Å². The normalized spacial score (nSPS) is 27.8. The molecule has 7 nitrogen and oxygen atoms in total. The largest absolute Gasteiger partial charge is 0.455 e. The third-order valence-corrected chi connectivity index (χ3v) is 9.80. The van der Waals surface area contributed by atoms with Gasteiger partial charge in [0.2, 0.25) is 0 Å². The number of carbonyl (C=O) groups excluding carboxylic acids is 2. The van der Waals surface area contributed by atoms with Crippen LogP contribution in [0.3, 0.4) is 0 Å². The van der Waals surface area contributed by atoms with Crippen LogP contribution in [0, 0.1) is 11.8 Å². The third kappa shape index (κ3) is 5.23. The number of esters is 2. The van der Waals surface area contributed by atoms with Gasteiger partial charge in [0.15, 0.2) is 0 Å². The van der Waals surface area contributed by atoms with Gasteiger partial charge in [0.05, 0.1) is 11.8 Å². The second-order valence-corrected chi connectivity index (χ2v) is 13.7. The van der Waals surface area contributed by atoms with Gasteiger partial charge in [-0.05, 0) is 80.7 Å². The zero-order valence-electron chi connectivity index (χ0n) is 21.8. The molecule has 0 amide bonds. The average Bonchev–Trinajstić information content (AvgIpc) is 2.89. The van der Waals surface area contributed by atoms with E-state index in [0.29, 0.717) is 35.1 Å². The van der Waals surface area contributed by atoms with E-state index in [0.717, 1.165) is 10.0 Å². The molecule has 4 aliphatic rings. The summed E-state index contributed by atoms with van der Waals surface area (Å²) in [7, 11) is -6.66. The number of hydrogen-bond acceptors (Lipinski definition) is 6. The highest BCUT2D eigenvalue weighted by Gasteiger charge is 2.67. The summed E-state index contributed by atoms with van der Waals surface area (Å²) in [4.78, 5) is 27.6. The summed E-state index contributed by atoms with van der Waals surface area (Å²) in [6.07, 6.45) is -6.99. The molecule has 226 valence electrons. The van der Waals surface area contributed by atoms with E-state index in [4.69, 9.17) is 9.29 Å². The fourth-order valence-corrected chi connectivity index (χ4v) is 7.85. The third-order valence-electron chi connectivity index (χ3n) is 8.05. The van der Waals surface area contributed by atoms with Crippen LogP contribution in [0.15, 0.2) is 58.2 Å². The molecular formula is C28H24F5IO7S. The van der Waals surface area contributed by atoms with Crippen molar-refractivity contribution in [3.63, 3.8) is 0 Å². The van der Waals surface area contributed by atoms with Crippen LogP contribution in [-0.4, -0.2) is 48.0 Å². The minimum absolute atomic E-state index is 0.436. The van der Waals surface area contributed by atoms with Gasteiger partial charge in [-0.15, -0.1) is 0 Å². The first-order chi connectivity index (χ1) is 19.5. The highest BCUT2D eigenvalue weighted by Crippen LogP contribution is 2.59. The molecule has 42 heavy (non-hydrogen) atoms. The van der Waals surface area contributed by atoms with Gasteiger partial charge in [-0.25, -0.2) is 0 Å². The monoisotopic (exact) mass is 726 g/mol. The van der Waals surface area contributed by atoms with E-state index in [1.54, 1.807) is 61.5 Å². The molecule has 0 heterocycles. The van der Waals surface area contributed by atoms with Crippen LogP contribution >= 0.6 is 22.6 Å². The quantitative estimate of drug-likeness (QED) is 0.162. The van der Waals surface area contributed by atoms with Crippen molar-refractivity contribution in [2.45, 2.75) is 61.2 Å². The summed E-state index contributed by atoms with van der Waals surface area (Å²) < 4.78 is 113. The molecule has 6 rings (SSSR count). The van der Waals surface area contributed by atoms with Crippen molar-refractivity contribution in [1.82, 2.24) is 0 Å². The lowest BCUT2D eigenvalue weighted by molar-refractivity contribution is -0.261. The number of benzene rings is 2. The molecule has 0 saturated carbocycles. The first-order valence-corrected chi connectivity index (χ1v) is 15.4. The van der Waals surface area contributed by atoms with Crippen LogP contribution in [0.5, 0.6) is 0 Å². The molecule has 4 atom stereocenters. The highest BCUT2D eigenvalue weighted by atomic mass is 127. The van der Waals surface area contributed by atoms with Gasteiger partial charge in [-0.3, -0.25) is 14.1 Å². The molecule has 0 fully saturated rings. The average molecular weight is 726 g/mol. The number of fused-ring (bicyclic) bond motifs is 1. The molecule has 4 aliphatic carbocycles. The van der Waals surface area contributed by atoms with Crippen LogP contribution in [-0.2, 0) is 29.2 Å². The van der Waals surface area contributed by atoms with Crippen LogP contribution in [0.4, 0.5) is 22.0 Å². The smallest absolute Gasteiger partial charge is 0.432 e. The van der Waals surface area contributed by atoms with Gasteiger partial charge in [-0.2, -0.15) is 30.4 Å². The van der Waals surface area contributed by atoms with Crippen molar-refractivity contribution in [3.8, 4) is 0 Å². The molecule has 2 aromatic carbocycles. The number of carbonyl (C=O) groups is 2. The van der Waals surface area contributed by atoms with E-state index in [9.17, 15) is 40.0 Å². The second kappa shape index (κ2) is 10.5. The van der Waals surface area contributed by atoms with Crippen molar-refractivity contribution in [2.24, 2.45) is 11.8 Å². The van der Waals surface area contributed by atoms with Crippen molar-refractivity contribution >= 4 is 44.6 Å². The Morgan fingerprint density at radius 3 is 1.79 bits per heavy atom. The summed E-state index contributed by atoms with van der Waals surface area (Å²) >= 11 is 2.10. The van der Waals surface area contributed by atoms with Crippen LogP contribution in [0.2, 0.25) is 0 Å². The Hall–Kier alpha value is -2.59. The van der Waals surface area contributed by atoms with Crippen LogP contribution in [0.1, 0.15) is 60.3 Å². The molecule has 0 spiro atoms. The van der Waals surface area contributed by atoms with Gasteiger partial charge in [0.1, 0.15) is 5.60 Å². The van der Waals surface area contributed by atoms with Gasteiger partial charge in [0, 0.05) is 11.8 Å². The standard InChI is InChI=1S/C28H24F5IO7S/c1-26(12-6-7-14(34)13-26)41-24(36)22-20-17-10-4-2-8-15(17)19(16-9-3-5-11-18(16)20)21(22)23(35)40-25(27(29,30)31)28(32,33)42(37,38)39/h2-5,8-11,13,19-22,25H,6-7,12H2,1H3,(H,37,38,39). The lowest BCUT2D eigenvalue weighted by Crippen LogP contribution is -2.55. The molecule has 0 radical (unpaired) electrons. The molecule has 1 N–H and O–H groups in total. The minimum Gasteiger partial charge on any atom is -0.455 e. The number of hydrogen-bond donors (Lipinski definition) is 1. The lowest BCUT2D eigenvalue weighted by atomic mass is 9.54. The van der Waals surface area contributed by atoms with E-state index < -0.39 is 68.9 Å². The van der Waals surface area contributed by atoms with Gasteiger partial charge in [0.25, 0.3) is 6.10 Å². The van der Waals surface area contributed by atoms with E-state index >= 15 is 0 Å². The summed E-state index contributed by atoms with van der Waals surface area (Å²) in [6.45, 7) is 1.66. The molecule has 14 heteroatoms. The number of ether oxygens (including phenoxy) is 2. The fourth-order valence-electron chi connectivity index (χ4n) is 6.36. The maximum atomic E-state index is 14.4. The zero-order valence-corrected chi connectivity index (χ0v) is 24.8. The predicted octanol–water partition coefficient (Wildman–Crippen LogP) is 6.27. The van der Waals surface area contributed by atoms with E-state index in [-0.39, 0.29) is 0 Å². The Labute approximate surface area is 251 Å². The maximum Gasteiger partial charge on any atom is 0.432 e. The van der Waals surface area contributed by atoms with Crippen LogP contribution in [0.25, 0.3) is 0 Å². The molecule has 0 saturated heterocycles. The minimum atomic E-state index is -6.66. The van der Waals surface area contributed by atoms with Gasteiger partial charge >= 0.3 is 33.5 Å². The summed E-state index contributed by atoms with van der Waals surface area (Å²) in [5.41, 5.74) is 1.09. The highest BCUT2D eigenvalue weighted by molar-refractivity contribution is 14.1. The second-order valence-electron chi connectivity index (χ2n) is 10.8. The summed E-state index contributed by atoms with van der Waals surface area (Å²) in [6, 6.07) is 13.3.